The molecule has 12 heteroatoms. The first kappa shape index (κ1) is 29.8. The predicted molar refractivity (Wildman–Crippen MR) is 163 cm³/mol. The highest BCUT2D eigenvalue weighted by Gasteiger charge is 2.70. The number of nitrogens with zero attached hydrogens (tertiary/aromatic N) is 1. The van der Waals surface area contributed by atoms with E-state index in [0.29, 0.717) is 21.8 Å². The number of rotatable bonds is 6. The van der Waals surface area contributed by atoms with Crippen LogP contribution in [-0.4, -0.2) is 48.0 Å². The van der Waals surface area contributed by atoms with Gasteiger partial charge < -0.3 is 14.6 Å². The summed E-state index contributed by atoms with van der Waals surface area (Å²) in [7, 11) is 2.77. The van der Waals surface area contributed by atoms with Crippen LogP contribution in [0.5, 0.6) is 17.2 Å². The van der Waals surface area contributed by atoms with Crippen molar-refractivity contribution < 1.29 is 38.1 Å². The number of ether oxygens (including phenoxy) is 2. The van der Waals surface area contributed by atoms with Gasteiger partial charge >= 0.3 is 0 Å². The van der Waals surface area contributed by atoms with Gasteiger partial charge in [0.2, 0.25) is 17.6 Å². The average Bonchev–Trinajstić information content (AvgIpc) is 3.46. The van der Waals surface area contributed by atoms with Crippen molar-refractivity contribution in [2.75, 3.05) is 19.6 Å². The van der Waals surface area contributed by atoms with E-state index in [0.717, 1.165) is 10.6 Å². The maximum absolute atomic E-state index is 15.1. The van der Waals surface area contributed by atoms with Crippen LogP contribution in [0.4, 0.5) is 10.1 Å². The molecule has 3 aromatic carbocycles. The van der Waals surface area contributed by atoms with Gasteiger partial charge in [0.25, 0.3) is 11.8 Å². The number of imide groups is 2. The molecular formula is C34H29ClFN3O7. The third-order valence-electron chi connectivity index (χ3n) is 9.93. The van der Waals surface area contributed by atoms with Crippen molar-refractivity contribution in [3.05, 3.63) is 94.3 Å². The highest BCUT2D eigenvalue weighted by atomic mass is 35.5. The maximum atomic E-state index is 15.1. The van der Waals surface area contributed by atoms with Crippen molar-refractivity contribution in [3.8, 4) is 17.2 Å². The second-order valence-corrected chi connectivity index (χ2v) is 12.4. The molecule has 0 aromatic heterocycles. The first-order valence-corrected chi connectivity index (χ1v) is 15.1. The van der Waals surface area contributed by atoms with E-state index in [9.17, 15) is 23.9 Å². The number of halogens is 2. The fraction of sp³-hybridized carbons (Fsp3) is 0.294. The Balaban J connectivity index is 1.50. The van der Waals surface area contributed by atoms with Gasteiger partial charge in [-0.05, 0) is 78.4 Å². The number of benzene rings is 3. The fourth-order valence-electron chi connectivity index (χ4n) is 8.02. The van der Waals surface area contributed by atoms with Crippen molar-refractivity contribution >= 4 is 40.9 Å². The Morgan fingerprint density at radius 2 is 1.61 bits per heavy atom. The normalized spacial score (nSPS) is 28.2. The number of hydrogen-bond acceptors (Lipinski definition) is 8. The van der Waals surface area contributed by atoms with Gasteiger partial charge in [0.05, 0.1) is 43.1 Å². The lowest BCUT2D eigenvalue weighted by Gasteiger charge is -2.50. The molecule has 2 saturated heterocycles. The molecule has 236 valence electrons. The molecule has 6 unspecified atom stereocenters. The summed E-state index contributed by atoms with van der Waals surface area (Å²) in [6, 6.07) is 15.2. The summed E-state index contributed by atoms with van der Waals surface area (Å²) in [6.45, 7) is 0. The predicted octanol–water partition coefficient (Wildman–Crippen LogP) is 4.47. The summed E-state index contributed by atoms with van der Waals surface area (Å²) >= 11 is 6.30. The average molecular weight is 646 g/mol. The zero-order valence-corrected chi connectivity index (χ0v) is 25.5. The molecule has 2 aliphatic heterocycles. The summed E-state index contributed by atoms with van der Waals surface area (Å²) < 4.78 is 24.7. The van der Waals surface area contributed by atoms with Gasteiger partial charge in [-0.15, -0.1) is 0 Å². The molecule has 0 spiro atoms. The molecule has 1 saturated carbocycles. The number of aromatic hydroxyl groups is 1. The van der Waals surface area contributed by atoms with Crippen molar-refractivity contribution in [2.45, 2.75) is 24.2 Å². The van der Waals surface area contributed by atoms with Gasteiger partial charge in [-0.1, -0.05) is 35.4 Å². The Morgan fingerprint density at radius 3 is 2.24 bits per heavy atom. The summed E-state index contributed by atoms with van der Waals surface area (Å²) in [5, 5.41) is 14.7. The highest BCUT2D eigenvalue weighted by Crippen LogP contribution is 2.64. The lowest BCUT2D eigenvalue weighted by atomic mass is 9.49. The molecule has 6 atom stereocenters. The minimum absolute atomic E-state index is 0.0837. The van der Waals surface area contributed by atoms with E-state index < -0.39 is 58.5 Å². The number of nitrogens with one attached hydrogen (secondary N) is 2. The molecule has 3 fully saturated rings. The van der Waals surface area contributed by atoms with E-state index >= 15 is 4.79 Å². The van der Waals surface area contributed by atoms with Crippen LogP contribution < -0.4 is 20.2 Å². The summed E-state index contributed by atoms with van der Waals surface area (Å²) in [4.78, 5) is 55.7. The number of amides is 4. The van der Waals surface area contributed by atoms with Gasteiger partial charge in [0, 0.05) is 10.9 Å². The smallest absolute Gasteiger partial charge is 0.260 e. The first-order chi connectivity index (χ1) is 22.1. The minimum atomic E-state index is -1.57. The number of carbonyl (C=O) groups is 4. The summed E-state index contributed by atoms with van der Waals surface area (Å²) in [6.07, 6.45) is 2.27. The van der Waals surface area contributed by atoms with Crippen molar-refractivity contribution in [2.24, 2.45) is 23.7 Å². The number of anilines is 1. The van der Waals surface area contributed by atoms with Crippen LogP contribution in [0.3, 0.4) is 0 Å². The van der Waals surface area contributed by atoms with Crippen LogP contribution in [-0.2, 0) is 24.6 Å². The Kier molecular flexibility index (Phi) is 7.04. The van der Waals surface area contributed by atoms with Gasteiger partial charge in [-0.25, -0.2) is 4.39 Å². The van der Waals surface area contributed by atoms with Crippen LogP contribution in [0.15, 0.2) is 72.3 Å². The zero-order valence-electron chi connectivity index (χ0n) is 24.8. The molecule has 0 bridgehead atoms. The van der Waals surface area contributed by atoms with E-state index in [4.69, 9.17) is 21.1 Å². The van der Waals surface area contributed by atoms with Crippen molar-refractivity contribution in [1.29, 1.82) is 0 Å². The summed E-state index contributed by atoms with van der Waals surface area (Å²) in [5.41, 5.74) is 3.36. The van der Waals surface area contributed by atoms with E-state index in [1.807, 2.05) is 6.08 Å². The molecule has 10 nitrogen and oxygen atoms in total. The Labute approximate surface area is 268 Å². The van der Waals surface area contributed by atoms with Crippen molar-refractivity contribution in [1.82, 2.24) is 10.3 Å². The first-order valence-electron chi connectivity index (χ1n) is 14.8. The maximum Gasteiger partial charge on any atom is 0.260 e. The Morgan fingerprint density at radius 1 is 0.957 bits per heavy atom. The van der Waals surface area contributed by atoms with Crippen molar-refractivity contribution in [3.63, 3.8) is 0 Å². The SMILES string of the molecule is COc1cc(C2C3=CCC4C(=O)NC(=O)C4C3CC3C(=O)N(Nc4ccc(F)cc4)C(=O)C32c2ccc(Cl)cc2)cc(OC)c1O. The second kappa shape index (κ2) is 10.9. The number of methoxy groups -OCH3 is 2. The molecule has 46 heavy (non-hydrogen) atoms. The van der Waals surface area contributed by atoms with Gasteiger partial charge in [0.1, 0.15) is 5.82 Å². The third kappa shape index (κ3) is 4.21. The monoisotopic (exact) mass is 645 g/mol. The number of hydrogen-bond donors (Lipinski definition) is 3. The minimum Gasteiger partial charge on any atom is -0.502 e. The van der Waals surface area contributed by atoms with Crippen LogP contribution >= 0.6 is 11.6 Å². The standard InChI is InChI=1S/C34H29ClFN3O7/c1-45-25-13-16(14-26(46-2)29(25)40)28-21-11-12-22-27(31(42)37-30(22)41)23(21)15-24-32(43)39(38-20-9-7-19(36)8-10-20)33(44)34(24,28)17-3-5-18(35)6-4-17/h3-11,13-14,22-24,27-28,38,40H,12,15H2,1-2H3,(H,37,41,42). The van der Waals surface area contributed by atoms with E-state index in [-0.39, 0.29) is 36.0 Å². The van der Waals surface area contributed by atoms with Crippen LogP contribution in [0.2, 0.25) is 5.02 Å². The molecule has 3 aromatic rings. The lowest BCUT2D eigenvalue weighted by molar-refractivity contribution is -0.138. The van der Waals surface area contributed by atoms with E-state index in [1.54, 1.807) is 36.4 Å². The lowest BCUT2D eigenvalue weighted by Crippen LogP contribution is -2.53. The van der Waals surface area contributed by atoms with Crippen LogP contribution in [0, 0.1) is 29.5 Å². The highest BCUT2D eigenvalue weighted by molar-refractivity contribution is 6.30. The zero-order chi connectivity index (χ0) is 32.5. The topological polar surface area (TPSA) is 134 Å². The van der Waals surface area contributed by atoms with Gasteiger partial charge in [-0.2, -0.15) is 5.01 Å². The molecule has 2 aliphatic carbocycles. The van der Waals surface area contributed by atoms with E-state index in [1.165, 1.54) is 38.5 Å². The fourth-order valence-corrected chi connectivity index (χ4v) is 8.15. The molecule has 3 N–H and O–H groups in total. The Bertz CT molecular complexity index is 1800. The second-order valence-electron chi connectivity index (χ2n) is 12.0. The number of phenolic OH excluding ortho intramolecular Hbond substituents is 1. The number of hydrazine groups is 1. The molecule has 7 rings (SSSR count). The van der Waals surface area contributed by atoms with E-state index in [2.05, 4.69) is 10.7 Å². The third-order valence-corrected chi connectivity index (χ3v) is 10.2. The number of fused-ring (bicyclic) bond motifs is 4. The molecule has 2 heterocycles. The number of carbonyl (C=O) groups excluding carboxylic acids is 4. The number of phenols is 1. The quantitative estimate of drug-likeness (QED) is 0.264. The van der Waals surface area contributed by atoms with Gasteiger partial charge in [0.15, 0.2) is 11.5 Å². The molecular weight excluding hydrogens is 617 g/mol. The van der Waals surface area contributed by atoms with Gasteiger partial charge in [-0.3, -0.25) is 29.9 Å². The Hall–Kier alpha value is -4.90. The molecule has 4 amide bonds. The van der Waals surface area contributed by atoms with Crippen LogP contribution in [0.25, 0.3) is 0 Å². The molecule has 0 radical (unpaired) electrons. The molecule has 4 aliphatic rings. The summed E-state index contributed by atoms with van der Waals surface area (Å²) in [5.74, 6) is -6.23. The van der Waals surface area contributed by atoms with Crippen LogP contribution in [0.1, 0.15) is 29.9 Å². The largest absolute Gasteiger partial charge is 0.502 e. The number of allylic oxidation sites excluding steroid dienone is 2.